The normalized spacial score (nSPS) is 12.5. The fourth-order valence-electron chi connectivity index (χ4n) is 1.52. The lowest BCUT2D eigenvalue weighted by molar-refractivity contribution is -0.120. The second-order valence-electron chi connectivity index (χ2n) is 4.73. The number of benzene rings is 1. The van der Waals surface area contributed by atoms with E-state index in [1.807, 2.05) is 45.0 Å². The van der Waals surface area contributed by atoms with Crippen LogP contribution in [0.25, 0.3) is 0 Å². The van der Waals surface area contributed by atoms with Gasteiger partial charge >= 0.3 is 0 Å². The van der Waals surface area contributed by atoms with E-state index in [0.29, 0.717) is 18.9 Å². The van der Waals surface area contributed by atoms with Gasteiger partial charge in [0, 0.05) is 6.54 Å². The molecule has 1 unspecified atom stereocenters. The molecule has 0 saturated carbocycles. The van der Waals surface area contributed by atoms with Crippen molar-refractivity contribution in [1.29, 1.82) is 0 Å². The number of aryl methyl sites for hydroxylation is 1. The van der Waals surface area contributed by atoms with Crippen LogP contribution in [0.5, 0.6) is 0 Å². The molecule has 1 N–H and O–H groups in total. The zero-order valence-electron chi connectivity index (χ0n) is 10.7. The maximum atomic E-state index is 11.7. The average Bonchev–Trinajstić information content (AvgIpc) is 2.25. The molecule has 0 bridgehead atoms. The molecule has 0 heterocycles. The van der Waals surface area contributed by atoms with Crippen molar-refractivity contribution in [3.05, 3.63) is 35.4 Å². The zero-order valence-corrected chi connectivity index (χ0v) is 11.4. The average molecular weight is 254 g/mol. The minimum atomic E-state index is -0.00328. The highest BCUT2D eigenvalue weighted by atomic mass is 35.5. The molecule has 0 radical (unpaired) electrons. The highest BCUT2D eigenvalue weighted by Gasteiger charge is 2.11. The van der Waals surface area contributed by atoms with Crippen LogP contribution in [0.15, 0.2) is 24.3 Å². The van der Waals surface area contributed by atoms with Crippen LogP contribution >= 0.6 is 11.6 Å². The molecule has 1 rings (SSSR count). The van der Waals surface area contributed by atoms with Crippen LogP contribution in [0.1, 0.15) is 25.0 Å². The Hall–Kier alpha value is -1.02. The van der Waals surface area contributed by atoms with Crippen LogP contribution in [-0.2, 0) is 11.2 Å². The molecule has 94 valence electrons. The summed E-state index contributed by atoms with van der Waals surface area (Å²) in [5, 5.41) is 2.86. The zero-order chi connectivity index (χ0) is 12.8. The Kier molecular flexibility index (Phi) is 5.49. The second kappa shape index (κ2) is 6.65. The monoisotopic (exact) mass is 253 g/mol. The molecule has 0 saturated heterocycles. The topological polar surface area (TPSA) is 29.1 Å². The third-order valence-electron chi connectivity index (χ3n) is 2.66. The van der Waals surface area contributed by atoms with Crippen molar-refractivity contribution >= 4 is 17.5 Å². The third-order valence-corrected chi connectivity index (χ3v) is 3.32. The lowest BCUT2D eigenvalue weighted by Crippen LogP contribution is -2.32. The Morgan fingerprint density at radius 2 is 2.12 bits per heavy atom. The molecule has 1 aromatic rings. The van der Waals surface area contributed by atoms with Gasteiger partial charge in [-0.15, -0.1) is 11.6 Å². The molecule has 0 fully saturated rings. The van der Waals surface area contributed by atoms with Crippen molar-refractivity contribution in [1.82, 2.24) is 5.32 Å². The van der Waals surface area contributed by atoms with Gasteiger partial charge in [0.15, 0.2) is 0 Å². The molecular weight excluding hydrogens is 234 g/mol. The third kappa shape index (κ3) is 5.22. The number of alkyl halides is 1. The van der Waals surface area contributed by atoms with Gasteiger partial charge < -0.3 is 5.32 Å². The smallest absolute Gasteiger partial charge is 0.224 e. The summed E-state index contributed by atoms with van der Waals surface area (Å²) >= 11 is 6.07. The molecular formula is C14H20ClNO. The van der Waals surface area contributed by atoms with Crippen molar-refractivity contribution in [2.24, 2.45) is 5.92 Å². The van der Waals surface area contributed by atoms with Gasteiger partial charge in [0.2, 0.25) is 5.91 Å². The van der Waals surface area contributed by atoms with E-state index in [1.54, 1.807) is 0 Å². The maximum Gasteiger partial charge on any atom is 0.224 e. The summed E-state index contributed by atoms with van der Waals surface area (Å²) < 4.78 is 0. The SMILES string of the molecule is Cc1cccc(CC(=O)NCC(Cl)C(C)C)c1. The highest BCUT2D eigenvalue weighted by molar-refractivity contribution is 6.21. The van der Waals surface area contributed by atoms with E-state index in [4.69, 9.17) is 11.6 Å². The molecule has 1 atom stereocenters. The van der Waals surface area contributed by atoms with E-state index in [9.17, 15) is 4.79 Å². The molecule has 0 aliphatic carbocycles. The Bertz CT molecular complexity index is 376. The second-order valence-corrected chi connectivity index (χ2v) is 5.29. The predicted octanol–water partition coefficient (Wildman–Crippen LogP) is 2.92. The van der Waals surface area contributed by atoms with Gasteiger partial charge in [-0.25, -0.2) is 0 Å². The number of amides is 1. The van der Waals surface area contributed by atoms with Gasteiger partial charge in [0.1, 0.15) is 0 Å². The number of nitrogens with one attached hydrogen (secondary N) is 1. The van der Waals surface area contributed by atoms with Crippen molar-refractivity contribution in [2.75, 3.05) is 6.54 Å². The fraction of sp³-hybridized carbons (Fsp3) is 0.500. The molecule has 1 aromatic carbocycles. The van der Waals surface area contributed by atoms with E-state index in [2.05, 4.69) is 5.32 Å². The molecule has 0 aromatic heterocycles. The minimum absolute atomic E-state index is 0.00328. The molecule has 1 amide bonds. The number of hydrogen-bond acceptors (Lipinski definition) is 1. The molecule has 0 aliphatic heterocycles. The van der Waals surface area contributed by atoms with Crippen LogP contribution < -0.4 is 5.32 Å². The number of hydrogen-bond donors (Lipinski definition) is 1. The molecule has 17 heavy (non-hydrogen) atoms. The molecule has 0 spiro atoms. The lowest BCUT2D eigenvalue weighted by Gasteiger charge is -2.14. The first-order valence-corrected chi connectivity index (χ1v) is 6.39. The van der Waals surface area contributed by atoms with Crippen LogP contribution in [0.4, 0.5) is 0 Å². The van der Waals surface area contributed by atoms with Crippen LogP contribution in [0, 0.1) is 12.8 Å². The summed E-state index contributed by atoms with van der Waals surface area (Å²) in [7, 11) is 0. The van der Waals surface area contributed by atoms with Gasteiger partial charge in [0.25, 0.3) is 0 Å². The Labute approximate surface area is 108 Å². The van der Waals surface area contributed by atoms with Gasteiger partial charge in [-0.05, 0) is 18.4 Å². The summed E-state index contributed by atoms with van der Waals surface area (Å²) in [5.41, 5.74) is 2.21. The maximum absolute atomic E-state index is 11.7. The summed E-state index contributed by atoms with van der Waals surface area (Å²) in [6, 6.07) is 7.98. The number of carbonyl (C=O) groups excluding carboxylic acids is 1. The predicted molar refractivity (Wildman–Crippen MR) is 72.4 cm³/mol. The fourth-order valence-corrected chi connectivity index (χ4v) is 1.59. The Balaban J connectivity index is 2.40. The van der Waals surface area contributed by atoms with E-state index in [0.717, 1.165) is 5.56 Å². The van der Waals surface area contributed by atoms with E-state index in [-0.39, 0.29) is 11.3 Å². The summed E-state index contributed by atoms with van der Waals surface area (Å²) in [5.74, 6) is 0.401. The van der Waals surface area contributed by atoms with Crippen LogP contribution in [0.2, 0.25) is 0 Å². The first-order valence-electron chi connectivity index (χ1n) is 5.95. The largest absolute Gasteiger partial charge is 0.354 e. The Morgan fingerprint density at radius 1 is 1.41 bits per heavy atom. The van der Waals surface area contributed by atoms with Crippen molar-refractivity contribution < 1.29 is 4.79 Å². The number of halogens is 1. The van der Waals surface area contributed by atoms with Crippen molar-refractivity contribution in [3.8, 4) is 0 Å². The summed E-state index contributed by atoms with van der Waals surface area (Å²) in [6.07, 6.45) is 0.420. The van der Waals surface area contributed by atoms with Crippen LogP contribution in [-0.4, -0.2) is 17.8 Å². The molecule has 2 nitrogen and oxygen atoms in total. The van der Waals surface area contributed by atoms with Gasteiger partial charge in [-0.2, -0.15) is 0 Å². The number of carbonyl (C=O) groups is 1. The van der Waals surface area contributed by atoms with Gasteiger partial charge in [-0.1, -0.05) is 43.7 Å². The van der Waals surface area contributed by atoms with E-state index >= 15 is 0 Å². The highest BCUT2D eigenvalue weighted by Crippen LogP contribution is 2.08. The first-order chi connectivity index (χ1) is 7.99. The van der Waals surface area contributed by atoms with Gasteiger partial charge in [0.05, 0.1) is 11.8 Å². The van der Waals surface area contributed by atoms with Crippen molar-refractivity contribution in [3.63, 3.8) is 0 Å². The van der Waals surface area contributed by atoms with E-state index < -0.39 is 0 Å². The lowest BCUT2D eigenvalue weighted by atomic mass is 10.1. The Morgan fingerprint density at radius 3 is 2.71 bits per heavy atom. The van der Waals surface area contributed by atoms with Gasteiger partial charge in [-0.3, -0.25) is 4.79 Å². The summed E-state index contributed by atoms with van der Waals surface area (Å²) in [6.45, 7) is 6.65. The summed E-state index contributed by atoms with van der Waals surface area (Å²) in [4.78, 5) is 11.7. The first kappa shape index (κ1) is 14.0. The quantitative estimate of drug-likeness (QED) is 0.804. The number of rotatable bonds is 5. The minimum Gasteiger partial charge on any atom is -0.354 e. The molecule has 3 heteroatoms. The van der Waals surface area contributed by atoms with Crippen molar-refractivity contribution in [2.45, 2.75) is 32.6 Å². The van der Waals surface area contributed by atoms with Crippen LogP contribution in [0.3, 0.4) is 0 Å². The molecule has 0 aliphatic rings. The van der Waals surface area contributed by atoms with E-state index in [1.165, 1.54) is 5.56 Å². The standard InChI is InChI=1S/C14H20ClNO/c1-10(2)13(15)9-16-14(17)8-12-6-4-5-11(3)7-12/h4-7,10,13H,8-9H2,1-3H3,(H,16,17).